The van der Waals surface area contributed by atoms with Gasteiger partial charge in [0.25, 0.3) is 0 Å². The van der Waals surface area contributed by atoms with Crippen molar-refractivity contribution in [3.8, 4) is 0 Å². The normalized spacial score (nSPS) is 31.0. The first kappa shape index (κ1) is 12.9. The van der Waals surface area contributed by atoms with Crippen LogP contribution in [0, 0.1) is 17.8 Å². The predicted molar refractivity (Wildman–Crippen MR) is 78.1 cm³/mol. The Hall–Kier alpha value is -0.0800. The smallest absolute Gasteiger partial charge is 0.113 e. The van der Waals surface area contributed by atoms with E-state index in [-0.39, 0.29) is 0 Å². The van der Waals surface area contributed by atoms with E-state index in [1.165, 1.54) is 50.0 Å². The number of hydrogen-bond acceptors (Lipinski definition) is 2. The van der Waals surface area contributed by atoms with Gasteiger partial charge in [0, 0.05) is 5.92 Å². The Bertz CT molecular complexity index is 397. The molecule has 99 valence electrons. The maximum atomic E-state index is 6.04. The molecule has 2 fully saturated rings. The van der Waals surface area contributed by atoms with Crippen LogP contribution in [-0.2, 0) is 0 Å². The maximum absolute atomic E-state index is 6.04. The van der Waals surface area contributed by atoms with Crippen LogP contribution in [0.1, 0.15) is 62.8 Å². The van der Waals surface area contributed by atoms with Gasteiger partial charge in [-0.15, -0.1) is 11.3 Å². The minimum atomic E-state index is 0.631. The molecule has 0 spiro atoms. The van der Waals surface area contributed by atoms with E-state index in [0.29, 0.717) is 5.92 Å². The van der Waals surface area contributed by atoms with Crippen LogP contribution in [0.3, 0.4) is 0 Å². The van der Waals surface area contributed by atoms with Gasteiger partial charge in [-0.2, -0.15) is 0 Å². The van der Waals surface area contributed by atoms with Crippen LogP contribution >= 0.6 is 22.9 Å². The summed E-state index contributed by atoms with van der Waals surface area (Å²) in [5, 5.41) is 1.27. The SMILES string of the molecule is CC1CC[C](C2CCCC2)CC1c1ncc(Cl)s1. The molecular weight excluding hydrogens is 262 g/mol. The van der Waals surface area contributed by atoms with E-state index in [9.17, 15) is 0 Å². The Morgan fingerprint density at radius 1 is 1.28 bits per heavy atom. The monoisotopic (exact) mass is 282 g/mol. The fourth-order valence-electron chi connectivity index (χ4n) is 3.67. The summed E-state index contributed by atoms with van der Waals surface area (Å²) >= 11 is 7.72. The first-order valence-electron chi connectivity index (χ1n) is 7.20. The van der Waals surface area contributed by atoms with E-state index >= 15 is 0 Å². The molecule has 2 aliphatic carbocycles. The molecule has 2 saturated carbocycles. The van der Waals surface area contributed by atoms with E-state index in [2.05, 4.69) is 11.9 Å². The Labute approximate surface area is 119 Å². The first-order chi connectivity index (χ1) is 8.74. The average Bonchev–Trinajstić information content (AvgIpc) is 3.01. The number of nitrogens with zero attached hydrogens (tertiary/aromatic N) is 1. The van der Waals surface area contributed by atoms with Gasteiger partial charge in [-0.25, -0.2) is 4.98 Å². The van der Waals surface area contributed by atoms with E-state index in [1.54, 1.807) is 11.3 Å². The zero-order chi connectivity index (χ0) is 12.5. The standard InChI is InChI=1S/C15H21ClNS/c1-10-6-7-12(11-4-2-3-5-11)8-13(10)15-17-9-14(16)18-15/h9-11,13H,2-8H2,1H3. The van der Waals surface area contributed by atoms with E-state index in [4.69, 9.17) is 11.6 Å². The van der Waals surface area contributed by atoms with Crippen molar-refractivity contribution in [2.45, 2.75) is 57.8 Å². The van der Waals surface area contributed by atoms with Crippen LogP contribution in [0.15, 0.2) is 6.20 Å². The Morgan fingerprint density at radius 2 is 2.06 bits per heavy atom. The topological polar surface area (TPSA) is 12.9 Å². The van der Waals surface area contributed by atoms with Gasteiger partial charge in [-0.1, -0.05) is 31.4 Å². The van der Waals surface area contributed by atoms with E-state index < -0.39 is 0 Å². The molecule has 0 aromatic carbocycles. The van der Waals surface area contributed by atoms with Gasteiger partial charge in [-0.05, 0) is 49.9 Å². The molecule has 0 bridgehead atoms. The van der Waals surface area contributed by atoms with Crippen molar-refractivity contribution in [3.63, 3.8) is 0 Å². The highest BCUT2D eigenvalue weighted by Gasteiger charge is 2.35. The molecule has 0 saturated heterocycles. The highest BCUT2D eigenvalue weighted by Crippen LogP contribution is 2.48. The summed E-state index contributed by atoms with van der Waals surface area (Å²) in [5.41, 5.74) is 0. The number of halogens is 1. The first-order valence-corrected chi connectivity index (χ1v) is 8.39. The third kappa shape index (κ3) is 2.60. The van der Waals surface area contributed by atoms with Crippen molar-refractivity contribution in [1.29, 1.82) is 0 Å². The van der Waals surface area contributed by atoms with Gasteiger partial charge in [0.05, 0.1) is 11.2 Å². The molecule has 1 heterocycles. The van der Waals surface area contributed by atoms with Crippen molar-refractivity contribution < 1.29 is 0 Å². The molecule has 2 aliphatic rings. The van der Waals surface area contributed by atoms with Crippen LogP contribution in [0.25, 0.3) is 0 Å². The Kier molecular flexibility index (Phi) is 3.95. The Balaban J connectivity index is 1.72. The molecule has 1 aromatic heterocycles. The lowest BCUT2D eigenvalue weighted by atomic mass is 9.70. The molecule has 0 aliphatic heterocycles. The third-order valence-electron chi connectivity index (χ3n) is 4.83. The van der Waals surface area contributed by atoms with Crippen molar-refractivity contribution in [2.75, 3.05) is 0 Å². The Morgan fingerprint density at radius 3 is 2.72 bits per heavy atom. The summed E-state index contributed by atoms with van der Waals surface area (Å²) in [6, 6.07) is 0. The molecule has 18 heavy (non-hydrogen) atoms. The average molecular weight is 283 g/mol. The number of rotatable bonds is 2. The summed E-state index contributed by atoms with van der Waals surface area (Å²) < 4.78 is 0.838. The maximum Gasteiger partial charge on any atom is 0.113 e. The van der Waals surface area contributed by atoms with Gasteiger partial charge < -0.3 is 0 Å². The van der Waals surface area contributed by atoms with Gasteiger partial charge in [0.15, 0.2) is 0 Å². The predicted octanol–water partition coefficient (Wildman–Crippen LogP) is 5.46. The zero-order valence-electron chi connectivity index (χ0n) is 11.0. The largest absolute Gasteiger partial charge is 0.248 e. The minimum absolute atomic E-state index is 0.631. The fraction of sp³-hybridized carbons (Fsp3) is 0.733. The quantitative estimate of drug-likeness (QED) is 0.701. The van der Waals surface area contributed by atoms with Crippen LogP contribution in [0.4, 0.5) is 0 Å². The van der Waals surface area contributed by atoms with E-state index in [1.807, 2.05) is 12.1 Å². The molecule has 3 heteroatoms. The molecule has 1 aromatic rings. The molecule has 0 amide bonds. The number of aromatic nitrogens is 1. The molecular formula is C15H21ClNS. The fourth-order valence-corrected chi connectivity index (χ4v) is 4.84. The van der Waals surface area contributed by atoms with Crippen molar-refractivity contribution in [3.05, 3.63) is 21.5 Å². The van der Waals surface area contributed by atoms with Gasteiger partial charge in [0.2, 0.25) is 0 Å². The summed E-state index contributed by atoms with van der Waals surface area (Å²) in [6.07, 6.45) is 11.6. The van der Waals surface area contributed by atoms with Gasteiger partial charge >= 0.3 is 0 Å². The lowest BCUT2D eigenvalue weighted by Gasteiger charge is -2.35. The summed E-state index contributed by atoms with van der Waals surface area (Å²) in [7, 11) is 0. The lowest BCUT2D eigenvalue weighted by molar-refractivity contribution is 0.309. The van der Waals surface area contributed by atoms with Crippen molar-refractivity contribution in [2.24, 2.45) is 11.8 Å². The molecule has 1 radical (unpaired) electrons. The van der Waals surface area contributed by atoms with Crippen molar-refractivity contribution in [1.82, 2.24) is 4.98 Å². The highest BCUT2D eigenvalue weighted by molar-refractivity contribution is 7.15. The zero-order valence-corrected chi connectivity index (χ0v) is 12.6. The number of thiazole rings is 1. The molecule has 1 nitrogen and oxygen atoms in total. The highest BCUT2D eigenvalue weighted by atomic mass is 35.5. The van der Waals surface area contributed by atoms with Gasteiger partial charge in [0.1, 0.15) is 4.34 Å². The van der Waals surface area contributed by atoms with Crippen LogP contribution < -0.4 is 0 Å². The lowest BCUT2D eigenvalue weighted by Crippen LogP contribution is -2.24. The summed E-state index contributed by atoms with van der Waals surface area (Å²) in [5.74, 6) is 4.15. The van der Waals surface area contributed by atoms with E-state index in [0.717, 1.165) is 16.2 Å². The summed E-state index contributed by atoms with van der Waals surface area (Å²) in [6.45, 7) is 2.38. The van der Waals surface area contributed by atoms with Crippen LogP contribution in [-0.4, -0.2) is 4.98 Å². The molecule has 0 N–H and O–H groups in total. The minimum Gasteiger partial charge on any atom is -0.248 e. The van der Waals surface area contributed by atoms with Gasteiger partial charge in [-0.3, -0.25) is 0 Å². The van der Waals surface area contributed by atoms with Crippen LogP contribution in [0.5, 0.6) is 0 Å². The van der Waals surface area contributed by atoms with Crippen molar-refractivity contribution >= 4 is 22.9 Å². The molecule has 3 rings (SSSR count). The molecule has 2 atom stereocenters. The third-order valence-corrected chi connectivity index (χ3v) is 6.08. The second-order valence-corrected chi connectivity index (χ2v) is 7.66. The summed E-state index contributed by atoms with van der Waals surface area (Å²) in [4.78, 5) is 4.52. The van der Waals surface area contributed by atoms with Crippen LogP contribution in [0.2, 0.25) is 4.34 Å². The second-order valence-electron chi connectivity index (χ2n) is 5.97. The molecule has 2 unspecified atom stereocenters. The number of hydrogen-bond donors (Lipinski definition) is 0. The second kappa shape index (κ2) is 5.50.